The van der Waals surface area contributed by atoms with Crippen LogP contribution in [0.5, 0.6) is 5.75 Å². The minimum Gasteiger partial charge on any atom is -0.496 e. The standard InChI is InChI=1S/C20H21NO4/c1-4-19(22)21-10-9-15-11-13(6-8-17(15)21)14-5-7-16(20(23)25-3)18(12-14)24-2/h5-8,11-12H,4,9-10H2,1-3H3. The summed E-state index contributed by atoms with van der Waals surface area (Å²) in [6.45, 7) is 2.61. The van der Waals surface area contributed by atoms with Crippen LogP contribution in [-0.4, -0.2) is 32.6 Å². The predicted octanol–water partition coefficient (Wildman–Crippen LogP) is 3.45. The normalized spacial score (nSPS) is 12.7. The molecule has 1 aliphatic heterocycles. The number of anilines is 1. The van der Waals surface area contributed by atoms with Gasteiger partial charge in [-0.15, -0.1) is 0 Å². The van der Waals surface area contributed by atoms with E-state index in [0.29, 0.717) is 17.7 Å². The molecule has 1 heterocycles. The van der Waals surface area contributed by atoms with Gasteiger partial charge >= 0.3 is 5.97 Å². The van der Waals surface area contributed by atoms with E-state index in [0.717, 1.165) is 35.3 Å². The largest absolute Gasteiger partial charge is 0.496 e. The van der Waals surface area contributed by atoms with Crippen LogP contribution in [0.25, 0.3) is 11.1 Å². The van der Waals surface area contributed by atoms with Crippen molar-refractivity contribution in [1.29, 1.82) is 0 Å². The lowest BCUT2D eigenvalue weighted by molar-refractivity contribution is -0.118. The first-order valence-corrected chi connectivity index (χ1v) is 8.29. The summed E-state index contributed by atoms with van der Waals surface area (Å²) in [6, 6.07) is 11.5. The summed E-state index contributed by atoms with van der Waals surface area (Å²) < 4.78 is 10.1. The van der Waals surface area contributed by atoms with E-state index in [4.69, 9.17) is 9.47 Å². The molecule has 0 saturated carbocycles. The van der Waals surface area contributed by atoms with Gasteiger partial charge in [0.25, 0.3) is 0 Å². The van der Waals surface area contributed by atoms with Crippen molar-refractivity contribution in [2.24, 2.45) is 0 Å². The summed E-state index contributed by atoms with van der Waals surface area (Å²) in [6.07, 6.45) is 1.36. The molecule has 0 bridgehead atoms. The minimum atomic E-state index is -0.425. The second-order valence-corrected chi connectivity index (χ2v) is 5.90. The number of fused-ring (bicyclic) bond motifs is 1. The van der Waals surface area contributed by atoms with Gasteiger partial charge in [-0.25, -0.2) is 4.79 Å². The topological polar surface area (TPSA) is 55.8 Å². The van der Waals surface area contributed by atoms with Crippen molar-refractivity contribution in [2.75, 3.05) is 25.7 Å². The van der Waals surface area contributed by atoms with E-state index in [9.17, 15) is 9.59 Å². The molecule has 0 N–H and O–H groups in total. The van der Waals surface area contributed by atoms with Crippen molar-refractivity contribution in [2.45, 2.75) is 19.8 Å². The van der Waals surface area contributed by atoms with E-state index >= 15 is 0 Å². The Kier molecular flexibility index (Phi) is 4.74. The number of ether oxygens (including phenoxy) is 2. The lowest BCUT2D eigenvalue weighted by atomic mass is 10.00. The summed E-state index contributed by atoms with van der Waals surface area (Å²) in [5.41, 5.74) is 4.53. The van der Waals surface area contributed by atoms with Crippen LogP contribution in [0.1, 0.15) is 29.3 Å². The van der Waals surface area contributed by atoms with Gasteiger partial charge in [0, 0.05) is 18.7 Å². The van der Waals surface area contributed by atoms with Crippen LogP contribution in [0.4, 0.5) is 5.69 Å². The summed E-state index contributed by atoms with van der Waals surface area (Å²) in [7, 11) is 2.88. The zero-order chi connectivity index (χ0) is 18.0. The first kappa shape index (κ1) is 17.0. The minimum absolute atomic E-state index is 0.149. The molecule has 2 aromatic rings. The molecule has 0 saturated heterocycles. The number of benzene rings is 2. The van der Waals surface area contributed by atoms with Crippen molar-refractivity contribution in [3.8, 4) is 16.9 Å². The lowest BCUT2D eigenvalue weighted by Gasteiger charge is -2.16. The number of methoxy groups -OCH3 is 2. The average molecular weight is 339 g/mol. The van der Waals surface area contributed by atoms with Crippen LogP contribution in [0.15, 0.2) is 36.4 Å². The molecule has 1 amide bonds. The molecule has 0 radical (unpaired) electrons. The first-order chi connectivity index (χ1) is 12.1. The number of rotatable bonds is 4. The van der Waals surface area contributed by atoms with Crippen molar-refractivity contribution in [3.05, 3.63) is 47.5 Å². The number of esters is 1. The average Bonchev–Trinajstić information content (AvgIpc) is 3.09. The third-order valence-corrected chi connectivity index (χ3v) is 4.52. The van der Waals surface area contributed by atoms with Crippen LogP contribution < -0.4 is 9.64 Å². The highest BCUT2D eigenvalue weighted by Gasteiger charge is 2.24. The number of hydrogen-bond acceptors (Lipinski definition) is 4. The Morgan fingerprint density at radius 1 is 1.08 bits per heavy atom. The molecule has 3 rings (SSSR count). The smallest absolute Gasteiger partial charge is 0.341 e. The van der Waals surface area contributed by atoms with Crippen LogP contribution in [0.2, 0.25) is 0 Å². The Labute approximate surface area is 147 Å². The predicted molar refractivity (Wildman–Crippen MR) is 96.1 cm³/mol. The Morgan fingerprint density at radius 2 is 1.80 bits per heavy atom. The summed E-state index contributed by atoms with van der Waals surface area (Å²) >= 11 is 0. The highest BCUT2D eigenvalue weighted by atomic mass is 16.5. The SMILES string of the molecule is CCC(=O)N1CCc2cc(-c3ccc(C(=O)OC)c(OC)c3)ccc21. The van der Waals surface area contributed by atoms with E-state index < -0.39 is 5.97 Å². The maximum Gasteiger partial charge on any atom is 0.341 e. The zero-order valence-electron chi connectivity index (χ0n) is 14.7. The molecule has 0 fully saturated rings. The summed E-state index contributed by atoms with van der Waals surface area (Å²) in [5, 5.41) is 0. The van der Waals surface area contributed by atoms with Crippen molar-refractivity contribution >= 4 is 17.6 Å². The molecule has 0 unspecified atom stereocenters. The van der Waals surface area contributed by atoms with Crippen molar-refractivity contribution in [3.63, 3.8) is 0 Å². The van der Waals surface area contributed by atoms with Gasteiger partial charge in [-0.05, 0) is 47.4 Å². The van der Waals surface area contributed by atoms with Crippen LogP contribution in [-0.2, 0) is 16.0 Å². The van der Waals surface area contributed by atoms with Gasteiger partial charge in [0.2, 0.25) is 5.91 Å². The maximum atomic E-state index is 12.0. The molecule has 0 spiro atoms. The molecule has 5 nitrogen and oxygen atoms in total. The molecule has 130 valence electrons. The van der Waals surface area contributed by atoms with Gasteiger partial charge in [-0.2, -0.15) is 0 Å². The summed E-state index contributed by atoms with van der Waals surface area (Å²) in [5.74, 6) is 0.203. The van der Waals surface area contributed by atoms with E-state index in [1.165, 1.54) is 14.2 Å². The van der Waals surface area contributed by atoms with E-state index in [1.54, 1.807) is 6.07 Å². The fourth-order valence-corrected chi connectivity index (χ4v) is 3.18. The highest BCUT2D eigenvalue weighted by molar-refractivity contribution is 5.96. The van der Waals surface area contributed by atoms with E-state index in [-0.39, 0.29) is 5.91 Å². The second-order valence-electron chi connectivity index (χ2n) is 5.90. The van der Waals surface area contributed by atoms with E-state index in [1.807, 2.05) is 36.1 Å². The quantitative estimate of drug-likeness (QED) is 0.801. The Hall–Kier alpha value is -2.82. The first-order valence-electron chi connectivity index (χ1n) is 8.29. The number of nitrogens with zero attached hydrogens (tertiary/aromatic N) is 1. The molecule has 5 heteroatoms. The fraction of sp³-hybridized carbons (Fsp3) is 0.300. The van der Waals surface area contributed by atoms with Crippen molar-refractivity contribution in [1.82, 2.24) is 0 Å². The van der Waals surface area contributed by atoms with Gasteiger partial charge in [0.1, 0.15) is 11.3 Å². The number of amides is 1. The number of carbonyl (C=O) groups is 2. The third kappa shape index (κ3) is 3.09. The molecule has 2 aromatic carbocycles. The molecular weight excluding hydrogens is 318 g/mol. The van der Waals surface area contributed by atoms with Crippen LogP contribution in [0, 0.1) is 0 Å². The molecule has 0 atom stereocenters. The zero-order valence-corrected chi connectivity index (χ0v) is 14.7. The lowest BCUT2D eigenvalue weighted by Crippen LogP contribution is -2.27. The van der Waals surface area contributed by atoms with Gasteiger partial charge in [-0.3, -0.25) is 4.79 Å². The Bertz CT molecular complexity index is 828. The van der Waals surface area contributed by atoms with Crippen LogP contribution in [0.3, 0.4) is 0 Å². The van der Waals surface area contributed by atoms with Gasteiger partial charge in [-0.1, -0.05) is 19.1 Å². The Morgan fingerprint density at radius 3 is 2.48 bits per heavy atom. The fourth-order valence-electron chi connectivity index (χ4n) is 3.18. The number of carbonyl (C=O) groups excluding carboxylic acids is 2. The number of hydrogen-bond donors (Lipinski definition) is 0. The monoisotopic (exact) mass is 339 g/mol. The van der Waals surface area contributed by atoms with Crippen LogP contribution >= 0.6 is 0 Å². The summed E-state index contributed by atoms with van der Waals surface area (Å²) in [4.78, 5) is 25.6. The van der Waals surface area contributed by atoms with Gasteiger partial charge in [0.05, 0.1) is 14.2 Å². The highest BCUT2D eigenvalue weighted by Crippen LogP contribution is 2.34. The molecule has 25 heavy (non-hydrogen) atoms. The second kappa shape index (κ2) is 6.97. The van der Waals surface area contributed by atoms with E-state index in [2.05, 4.69) is 6.07 Å². The molecule has 0 aliphatic carbocycles. The molecular formula is C20H21NO4. The third-order valence-electron chi connectivity index (χ3n) is 4.52. The Balaban J connectivity index is 1.96. The van der Waals surface area contributed by atoms with Crippen molar-refractivity contribution < 1.29 is 19.1 Å². The van der Waals surface area contributed by atoms with Gasteiger partial charge < -0.3 is 14.4 Å². The molecule has 0 aromatic heterocycles. The maximum absolute atomic E-state index is 12.0. The van der Waals surface area contributed by atoms with Gasteiger partial charge in [0.15, 0.2) is 0 Å². The molecule has 1 aliphatic rings.